The van der Waals surface area contributed by atoms with Gasteiger partial charge in [-0.25, -0.2) is 0 Å². The molecule has 0 N–H and O–H groups in total. The third kappa shape index (κ3) is 3.67. The molecule has 0 saturated carbocycles. The fraction of sp³-hybridized carbons (Fsp3) is 0.240. The number of nitriles is 1. The molecule has 0 spiro atoms. The number of fused-ring (bicyclic) bond motifs is 2. The molecule has 1 aromatic heterocycles. The van der Waals surface area contributed by atoms with Crippen LogP contribution in [0.1, 0.15) is 16.7 Å². The molecule has 5 rings (SSSR count). The van der Waals surface area contributed by atoms with Crippen molar-refractivity contribution in [2.75, 3.05) is 36.0 Å². The molecule has 1 aliphatic rings. The maximum atomic E-state index is 13.3. The maximum absolute atomic E-state index is 13.3. The Morgan fingerprint density at radius 3 is 2.11 bits per heavy atom. The minimum absolute atomic E-state index is 0.0432. The predicted octanol–water partition coefficient (Wildman–Crippen LogP) is 3.78. The van der Waals surface area contributed by atoms with Crippen LogP contribution in [0.4, 0.5) is 17.1 Å². The Hall–Kier alpha value is -4.65. The third-order valence-corrected chi connectivity index (χ3v) is 6.73. The number of nitro groups is 1. The lowest BCUT2D eigenvalue weighted by Crippen LogP contribution is -2.46. The second-order valence-corrected chi connectivity index (χ2v) is 8.73. The van der Waals surface area contributed by atoms with E-state index in [9.17, 15) is 25.5 Å². The summed E-state index contributed by atoms with van der Waals surface area (Å²) in [5.74, 6) is 0. The molecule has 0 bridgehead atoms. The first-order valence-corrected chi connectivity index (χ1v) is 11.2. The molecule has 4 aromatic rings. The van der Waals surface area contributed by atoms with Crippen LogP contribution >= 0.6 is 0 Å². The number of hydrogen-bond acceptors (Lipinski definition) is 7. The molecule has 0 unspecified atom stereocenters. The number of aryl methyl sites for hydroxylation is 2. The van der Waals surface area contributed by atoms with Crippen molar-refractivity contribution >= 4 is 39.1 Å². The van der Waals surface area contributed by atoms with Gasteiger partial charge in [0, 0.05) is 61.0 Å². The second-order valence-electron chi connectivity index (χ2n) is 8.73. The number of non-ortho nitro benzene ring substituents is 1. The third-order valence-electron chi connectivity index (χ3n) is 6.73. The van der Waals surface area contributed by atoms with Crippen LogP contribution in [-0.4, -0.2) is 35.8 Å². The van der Waals surface area contributed by atoms with Gasteiger partial charge < -0.3 is 19.7 Å². The molecule has 1 saturated heterocycles. The number of piperazine rings is 1. The van der Waals surface area contributed by atoms with Crippen molar-refractivity contribution < 1.29 is 9.35 Å². The molecule has 1 aliphatic heterocycles. The summed E-state index contributed by atoms with van der Waals surface area (Å²) < 4.78 is 1.49. The van der Waals surface area contributed by atoms with Gasteiger partial charge in [-0.3, -0.25) is 10.1 Å². The highest BCUT2D eigenvalue weighted by atomic mass is 16.6. The first-order valence-electron chi connectivity index (χ1n) is 11.2. The van der Waals surface area contributed by atoms with E-state index in [-0.39, 0.29) is 27.8 Å². The number of nitrogens with zero attached hydrogens (tertiary/aromatic N) is 6. The normalized spacial score (nSPS) is 13.9. The van der Waals surface area contributed by atoms with Gasteiger partial charge in [-0.05, 0) is 49.2 Å². The Kier molecular flexibility index (Phi) is 5.25. The van der Waals surface area contributed by atoms with Gasteiger partial charge in [0.2, 0.25) is 0 Å². The fourth-order valence-electron chi connectivity index (χ4n) is 4.60. The van der Waals surface area contributed by atoms with Gasteiger partial charge in [0.1, 0.15) is 17.1 Å². The summed E-state index contributed by atoms with van der Waals surface area (Å²) in [5, 5.41) is 33.8. The van der Waals surface area contributed by atoms with E-state index < -0.39 is 4.92 Å². The van der Waals surface area contributed by atoms with Crippen LogP contribution < -0.4 is 14.2 Å². The Bertz CT molecular complexity index is 1600. The van der Waals surface area contributed by atoms with Gasteiger partial charge in [-0.1, -0.05) is 0 Å². The van der Waals surface area contributed by atoms with Crippen LogP contribution in [-0.2, 0) is 0 Å². The highest BCUT2D eigenvalue weighted by Gasteiger charge is 2.24. The first-order chi connectivity index (χ1) is 16.8. The molecule has 0 atom stereocenters. The zero-order valence-corrected chi connectivity index (χ0v) is 19.3. The van der Waals surface area contributed by atoms with Crippen molar-refractivity contribution in [2.45, 2.75) is 13.8 Å². The number of anilines is 2. The molecule has 0 aliphatic carbocycles. The average molecular weight is 470 g/mol. The van der Waals surface area contributed by atoms with Gasteiger partial charge in [-0.15, -0.1) is 0 Å². The van der Waals surface area contributed by atoms with Gasteiger partial charge in [-0.2, -0.15) is 5.26 Å². The maximum Gasteiger partial charge on any atom is 0.288 e. The standard InChI is InChI=1S/C25H22N6O4/c1-16-11-22-23(12-17(16)2)30(33)25-14-21(18(15-26)13-24(25)29(22)32)28-9-7-27(8-10-28)19-3-5-20(6-4-19)31(34)35/h3-6,11-14H,7-10H2,1-2H3. The number of hydrogen-bond donors (Lipinski definition) is 0. The lowest BCUT2D eigenvalue weighted by atomic mass is 10.1. The van der Waals surface area contributed by atoms with Crippen LogP contribution in [0.25, 0.3) is 22.1 Å². The molecule has 3 aromatic carbocycles. The Morgan fingerprint density at radius 2 is 1.49 bits per heavy atom. The summed E-state index contributed by atoms with van der Waals surface area (Å²) in [6.45, 7) is 6.21. The molecule has 1 fully saturated rings. The van der Waals surface area contributed by atoms with E-state index in [2.05, 4.69) is 11.0 Å². The van der Waals surface area contributed by atoms with E-state index in [1.807, 2.05) is 18.7 Å². The average Bonchev–Trinajstić information content (AvgIpc) is 2.88. The minimum Gasteiger partial charge on any atom is -0.805 e. The summed E-state index contributed by atoms with van der Waals surface area (Å²) in [7, 11) is 0. The molecule has 35 heavy (non-hydrogen) atoms. The van der Waals surface area contributed by atoms with Crippen LogP contribution in [0.5, 0.6) is 0 Å². The van der Waals surface area contributed by atoms with E-state index in [1.165, 1.54) is 18.2 Å². The van der Waals surface area contributed by atoms with Gasteiger partial charge >= 0.3 is 0 Å². The molecule has 0 radical (unpaired) electrons. The van der Waals surface area contributed by atoms with Crippen molar-refractivity contribution in [3.8, 4) is 6.07 Å². The van der Waals surface area contributed by atoms with E-state index in [4.69, 9.17) is 0 Å². The quantitative estimate of drug-likeness (QED) is 0.193. The number of benzene rings is 3. The number of nitro benzene ring substituents is 1. The van der Waals surface area contributed by atoms with Crippen molar-refractivity contribution in [3.05, 3.63) is 85.4 Å². The van der Waals surface area contributed by atoms with Crippen LogP contribution in [0, 0.1) is 45.4 Å². The minimum atomic E-state index is -0.426. The van der Waals surface area contributed by atoms with Crippen LogP contribution in [0.3, 0.4) is 0 Å². The topological polar surface area (TPSA) is 124 Å². The molecular weight excluding hydrogens is 448 g/mol. The summed E-state index contributed by atoms with van der Waals surface area (Å²) in [5.41, 5.74) is 4.60. The Balaban J connectivity index is 1.51. The number of rotatable bonds is 3. The van der Waals surface area contributed by atoms with Gasteiger partial charge in [0.25, 0.3) is 16.7 Å². The smallest absolute Gasteiger partial charge is 0.288 e. The van der Waals surface area contributed by atoms with E-state index in [1.54, 1.807) is 30.3 Å². The highest BCUT2D eigenvalue weighted by molar-refractivity contribution is 5.88. The van der Waals surface area contributed by atoms with E-state index in [0.717, 1.165) is 26.0 Å². The first kappa shape index (κ1) is 22.2. The van der Waals surface area contributed by atoms with Gasteiger partial charge in [0.05, 0.1) is 20.6 Å². The fourth-order valence-corrected chi connectivity index (χ4v) is 4.60. The molecular formula is C25H22N6O4. The van der Waals surface area contributed by atoms with Crippen molar-refractivity contribution in [1.82, 2.24) is 4.73 Å². The van der Waals surface area contributed by atoms with E-state index >= 15 is 0 Å². The van der Waals surface area contributed by atoms with Crippen molar-refractivity contribution in [1.29, 1.82) is 5.26 Å². The molecule has 2 heterocycles. The predicted molar refractivity (Wildman–Crippen MR) is 133 cm³/mol. The van der Waals surface area contributed by atoms with Crippen molar-refractivity contribution in [3.63, 3.8) is 0 Å². The summed E-state index contributed by atoms with van der Waals surface area (Å²) in [6, 6.07) is 15.1. The lowest BCUT2D eigenvalue weighted by Gasteiger charge is -2.37. The molecule has 10 nitrogen and oxygen atoms in total. The van der Waals surface area contributed by atoms with Crippen molar-refractivity contribution in [2.24, 2.45) is 0 Å². The monoisotopic (exact) mass is 470 g/mol. The SMILES string of the molecule is Cc1cc2c(cc1C)[n+](=O)c1cc(N3CCN(c4ccc([N+](=O)[O-])cc4)CC3)c(C#N)cc1n2[O-]. The summed E-state index contributed by atoms with van der Waals surface area (Å²) in [4.78, 5) is 27.9. The zero-order chi connectivity index (χ0) is 24.9. The van der Waals surface area contributed by atoms with Crippen LogP contribution in [0.2, 0.25) is 0 Å². The van der Waals surface area contributed by atoms with Crippen LogP contribution in [0.15, 0.2) is 48.5 Å². The molecule has 0 amide bonds. The molecule has 10 heteroatoms. The summed E-state index contributed by atoms with van der Waals surface area (Å²) in [6.07, 6.45) is 0. The largest absolute Gasteiger partial charge is 0.805 e. The van der Waals surface area contributed by atoms with Gasteiger partial charge in [0.15, 0.2) is 0 Å². The second kappa shape index (κ2) is 8.29. The Labute approximate surface area is 200 Å². The summed E-state index contributed by atoms with van der Waals surface area (Å²) >= 11 is 0. The Morgan fingerprint density at radius 1 is 0.914 bits per heavy atom. The highest BCUT2D eigenvalue weighted by Crippen LogP contribution is 2.29. The lowest BCUT2D eigenvalue weighted by molar-refractivity contribution is -0.432. The molecule has 176 valence electrons. The number of aromatic nitrogens is 2. The zero-order valence-electron chi connectivity index (χ0n) is 19.3. The van der Waals surface area contributed by atoms with E-state index in [0.29, 0.717) is 37.4 Å².